The molecule has 0 atom stereocenters. The molecule has 0 aliphatic carbocycles. The molecular weight excluding hydrogens is 234 g/mol. The molecule has 1 aromatic heterocycles. The smallest absolute Gasteiger partial charge is 0.0736 e. The summed E-state index contributed by atoms with van der Waals surface area (Å²) < 4.78 is 0. The number of aromatic carboxylic acids is 1. The summed E-state index contributed by atoms with van der Waals surface area (Å²) in [5.41, 5.74) is 2.01. The molecule has 2 aromatic rings. The van der Waals surface area contributed by atoms with E-state index in [0.29, 0.717) is 12.2 Å². The first-order valence-corrected chi connectivity index (χ1v) is 6.13. The number of para-hydroxylation sites is 1. The van der Waals surface area contributed by atoms with Gasteiger partial charge in [-0.25, -0.2) is 0 Å². The Labute approximate surface area is 104 Å². The fourth-order valence-electron chi connectivity index (χ4n) is 1.58. The van der Waals surface area contributed by atoms with E-state index in [2.05, 4.69) is 5.32 Å². The summed E-state index contributed by atoms with van der Waals surface area (Å²) in [6.45, 7) is 2.67. The van der Waals surface area contributed by atoms with E-state index in [1.54, 1.807) is 35.6 Å². The standard InChI is InChI=1S/C13H13NO2S/c1-9-6-7-17-12(9)8-14-11-5-3-2-4-10(11)13(15)16/h2-7,14H,8H2,1H3,(H,15,16)/p-1. The van der Waals surface area contributed by atoms with Crippen LogP contribution in [0.15, 0.2) is 35.7 Å². The van der Waals surface area contributed by atoms with Crippen molar-refractivity contribution in [1.29, 1.82) is 0 Å². The molecule has 0 aliphatic heterocycles. The van der Waals surface area contributed by atoms with Crippen LogP contribution in [0.4, 0.5) is 5.69 Å². The number of anilines is 1. The Hall–Kier alpha value is -1.81. The van der Waals surface area contributed by atoms with Crippen LogP contribution in [0.25, 0.3) is 0 Å². The van der Waals surface area contributed by atoms with E-state index in [-0.39, 0.29) is 5.56 Å². The van der Waals surface area contributed by atoms with E-state index >= 15 is 0 Å². The molecule has 88 valence electrons. The third-order valence-electron chi connectivity index (χ3n) is 2.55. The molecule has 1 N–H and O–H groups in total. The van der Waals surface area contributed by atoms with Crippen LogP contribution in [0.2, 0.25) is 0 Å². The number of hydrogen-bond donors (Lipinski definition) is 1. The van der Waals surface area contributed by atoms with Crippen LogP contribution in [0.5, 0.6) is 0 Å². The number of rotatable bonds is 4. The number of carbonyl (C=O) groups is 1. The van der Waals surface area contributed by atoms with Gasteiger partial charge in [0.05, 0.1) is 5.97 Å². The molecule has 0 spiro atoms. The second-order valence-corrected chi connectivity index (χ2v) is 4.71. The first-order chi connectivity index (χ1) is 8.18. The van der Waals surface area contributed by atoms with Crippen molar-refractivity contribution in [2.75, 3.05) is 5.32 Å². The number of carboxylic acid groups (broad SMARTS) is 1. The largest absolute Gasteiger partial charge is 0.545 e. The van der Waals surface area contributed by atoms with E-state index < -0.39 is 5.97 Å². The summed E-state index contributed by atoms with van der Waals surface area (Å²) in [5, 5.41) is 16.1. The normalized spacial score (nSPS) is 10.2. The van der Waals surface area contributed by atoms with Gasteiger partial charge >= 0.3 is 0 Å². The van der Waals surface area contributed by atoms with Crippen LogP contribution in [0.3, 0.4) is 0 Å². The number of thiophene rings is 1. The van der Waals surface area contributed by atoms with Gasteiger partial charge in [0, 0.05) is 22.7 Å². The molecule has 17 heavy (non-hydrogen) atoms. The molecule has 0 saturated heterocycles. The molecule has 0 amide bonds. The Morgan fingerprint density at radius 1 is 1.35 bits per heavy atom. The average molecular weight is 246 g/mol. The zero-order valence-corrected chi connectivity index (χ0v) is 10.2. The molecule has 0 saturated carbocycles. The lowest BCUT2D eigenvalue weighted by Gasteiger charge is -2.12. The van der Waals surface area contributed by atoms with Gasteiger partial charge in [-0.1, -0.05) is 18.2 Å². The summed E-state index contributed by atoms with van der Waals surface area (Å²) >= 11 is 1.66. The van der Waals surface area contributed by atoms with E-state index in [1.165, 1.54) is 10.4 Å². The third kappa shape index (κ3) is 2.65. The highest BCUT2D eigenvalue weighted by Gasteiger charge is 2.03. The molecule has 4 heteroatoms. The highest BCUT2D eigenvalue weighted by atomic mass is 32.1. The summed E-state index contributed by atoms with van der Waals surface area (Å²) in [7, 11) is 0. The van der Waals surface area contributed by atoms with Gasteiger partial charge in [-0.2, -0.15) is 0 Å². The van der Waals surface area contributed by atoms with Crippen LogP contribution in [-0.2, 0) is 6.54 Å². The Kier molecular flexibility index (Phi) is 3.44. The number of benzene rings is 1. The molecule has 2 rings (SSSR count). The summed E-state index contributed by atoms with van der Waals surface area (Å²) in [4.78, 5) is 12.1. The van der Waals surface area contributed by atoms with E-state index in [4.69, 9.17) is 0 Å². The van der Waals surface area contributed by atoms with Gasteiger partial charge in [-0.15, -0.1) is 11.3 Å². The summed E-state index contributed by atoms with van der Waals surface area (Å²) in [6.07, 6.45) is 0. The second kappa shape index (κ2) is 5.01. The first kappa shape index (κ1) is 11.7. The monoisotopic (exact) mass is 246 g/mol. The molecule has 0 aliphatic rings. The fourth-order valence-corrected chi connectivity index (χ4v) is 2.42. The minimum atomic E-state index is -1.16. The van der Waals surface area contributed by atoms with Gasteiger partial charge in [0.2, 0.25) is 0 Å². The lowest BCUT2D eigenvalue weighted by molar-refractivity contribution is -0.254. The van der Waals surface area contributed by atoms with Gasteiger partial charge in [0.1, 0.15) is 0 Å². The highest BCUT2D eigenvalue weighted by Crippen LogP contribution is 2.19. The maximum atomic E-state index is 10.9. The molecule has 1 heterocycles. The van der Waals surface area contributed by atoms with Gasteiger partial charge in [-0.05, 0) is 30.0 Å². The number of aryl methyl sites for hydroxylation is 1. The Balaban J connectivity index is 2.14. The number of carbonyl (C=O) groups excluding carboxylic acids is 1. The van der Waals surface area contributed by atoms with Crippen molar-refractivity contribution in [3.8, 4) is 0 Å². The molecular formula is C13H12NO2S-. The predicted molar refractivity (Wildman–Crippen MR) is 67.2 cm³/mol. The number of carboxylic acids is 1. The molecule has 0 fully saturated rings. The van der Waals surface area contributed by atoms with Gasteiger partial charge in [-0.3, -0.25) is 0 Å². The average Bonchev–Trinajstić information content (AvgIpc) is 2.72. The predicted octanol–water partition coefficient (Wildman–Crippen LogP) is 2.03. The fraction of sp³-hybridized carbons (Fsp3) is 0.154. The van der Waals surface area contributed by atoms with Gasteiger partial charge in [0.25, 0.3) is 0 Å². The molecule has 0 radical (unpaired) electrons. The SMILES string of the molecule is Cc1ccsc1CNc1ccccc1C(=O)[O-]. The van der Waals surface area contributed by atoms with Crippen LogP contribution in [0.1, 0.15) is 20.8 Å². The lowest BCUT2D eigenvalue weighted by atomic mass is 10.2. The Morgan fingerprint density at radius 3 is 2.76 bits per heavy atom. The highest BCUT2D eigenvalue weighted by molar-refractivity contribution is 7.10. The lowest BCUT2D eigenvalue weighted by Crippen LogP contribution is -2.23. The van der Waals surface area contributed by atoms with Gasteiger partial charge < -0.3 is 15.2 Å². The maximum absolute atomic E-state index is 10.9. The number of hydrogen-bond acceptors (Lipinski definition) is 4. The van der Waals surface area contributed by atoms with Crippen molar-refractivity contribution in [2.45, 2.75) is 13.5 Å². The van der Waals surface area contributed by atoms with Crippen molar-refractivity contribution in [1.82, 2.24) is 0 Å². The molecule has 3 nitrogen and oxygen atoms in total. The van der Waals surface area contributed by atoms with E-state index in [0.717, 1.165) is 0 Å². The van der Waals surface area contributed by atoms with Crippen molar-refractivity contribution in [3.05, 3.63) is 51.7 Å². The minimum Gasteiger partial charge on any atom is -0.545 e. The summed E-state index contributed by atoms with van der Waals surface area (Å²) in [6, 6.07) is 8.82. The van der Waals surface area contributed by atoms with Crippen molar-refractivity contribution in [3.63, 3.8) is 0 Å². The topological polar surface area (TPSA) is 52.2 Å². The zero-order chi connectivity index (χ0) is 12.3. The van der Waals surface area contributed by atoms with Crippen LogP contribution >= 0.6 is 11.3 Å². The Bertz CT molecular complexity index is 534. The second-order valence-electron chi connectivity index (χ2n) is 3.71. The maximum Gasteiger partial charge on any atom is 0.0736 e. The zero-order valence-electron chi connectivity index (χ0n) is 9.40. The molecule has 0 unspecified atom stereocenters. The minimum absolute atomic E-state index is 0.196. The van der Waals surface area contributed by atoms with Crippen LogP contribution < -0.4 is 10.4 Å². The van der Waals surface area contributed by atoms with Crippen LogP contribution in [0, 0.1) is 6.92 Å². The summed E-state index contributed by atoms with van der Waals surface area (Å²) in [5.74, 6) is -1.16. The molecule has 0 bridgehead atoms. The molecule has 1 aromatic carbocycles. The van der Waals surface area contributed by atoms with Crippen LogP contribution in [-0.4, -0.2) is 5.97 Å². The van der Waals surface area contributed by atoms with Crippen molar-refractivity contribution in [2.24, 2.45) is 0 Å². The van der Waals surface area contributed by atoms with Crippen molar-refractivity contribution < 1.29 is 9.90 Å². The first-order valence-electron chi connectivity index (χ1n) is 5.25. The van der Waals surface area contributed by atoms with Crippen molar-refractivity contribution >= 4 is 23.0 Å². The van der Waals surface area contributed by atoms with Gasteiger partial charge in [0.15, 0.2) is 0 Å². The third-order valence-corrected chi connectivity index (χ3v) is 3.58. The quantitative estimate of drug-likeness (QED) is 0.898. The van der Waals surface area contributed by atoms with E-state index in [1.807, 2.05) is 18.4 Å². The number of nitrogens with one attached hydrogen (secondary N) is 1. The van der Waals surface area contributed by atoms with E-state index in [9.17, 15) is 9.90 Å². The Morgan fingerprint density at radius 2 is 2.12 bits per heavy atom.